The van der Waals surface area contributed by atoms with Crippen LogP contribution in [0.3, 0.4) is 0 Å². The summed E-state index contributed by atoms with van der Waals surface area (Å²) >= 11 is 0. The van der Waals surface area contributed by atoms with E-state index >= 15 is 0 Å². The van der Waals surface area contributed by atoms with Gasteiger partial charge in [0.15, 0.2) is 11.6 Å². The lowest BCUT2D eigenvalue weighted by Gasteiger charge is -2.08. The van der Waals surface area contributed by atoms with Crippen molar-refractivity contribution in [1.82, 2.24) is 4.98 Å². The Morgan fingerprint density at radius 2 is 1.86 bits per heavy atom. The van der Waals surface area contributed by atoms with Gasteiger partial charge in [-0.2, -0.15) is 0 Å². The first-order chi connectivity index (χ1) is 10.1. The minimum Gasteiger partial charge on any atom is -0.321 e. The molecule has 0 aliphatic heterocycles. The van der Waals surface area contributed by atoms with Crippen LogP contribution in [0.2, 0.25) is 0 Å². The molecule has 0 aliphatic rings. The van der Waals surface area contributed by atoms with Gasteiger partial charge in [-0.25, -0.2) is 8.78 Å². The van der Waals surface area contributed by atoms with Crippen LogP contribution >= 0.6 is 0 Å². The zero-order valence-corrected chi connectivity index (χ0v) is 10.8. The Morgan fingerprint density at radius 3 is 2.67 bits per heavy atom. The lowest BCUT2D eigenvalue weighted by atomic mass is 10.1. The average molecular weight is 284 g/mol. The predicted molar refractivity (Wildman–Crippen MR) is 76.1 cm³/mol. The van der Waals surface area contributed by atoms with E-state index in [1.165, 1.54) is 6.07 Å². The van der Waals surface area contributed by atoms with Gasteiger partial charge in [-0.15, -0.1) is 0 Å². The Kier molecular flexibility index (Phi) is 3.31. The molecule has 5 heteroatoms. The van der Waals surface area contributed by atoms with E-state index in [2.05, 4.69) is 10.3 Å². The summed E-state index contributed by atoms with van der Waals surface area (Å²) in [6.07, 6.45) is 1.66. The molecule has 3 rings (SSSR count). The van der Waals surface area contributed by atoms with Gasteiger partial charge in [0.1, 0.15) is 0 Å². The summed E-state index contributed by atoms with van der Waals surface area (Å²) in [5.74, 6) is -2.55. The molecular formula is C16H10F2N2O. The molecule has 1 amide bonds. The maximum absolute atomic E-state index is 13.2. The summed E-state index contributed by atoms with van der Waals surface area (Å²) in [5.41, 5.74) is 1.35. The first-order valence-electron chi connectivity index (χ1n) is 6.25. The van der Waals surface area contributed by atoms with Crippen LogP contribution in [-0.2, 0) is 0 Å². The number of aromatic nitrogens is 1. The molecule has 0 unspecified atom stereocenters. The van der Waals surface area contributed by atoms with Crippen molar-refractivity contribution in [2.24, 2.45) is 0 Å². The van der Waals surface area contributed by atoms with Gasteiger partial charge in [-0.3, -0.25) is 9.78 Å². The standard InChI is InChI=1S/C16H10F2N2O/c17-12-7-6-10(9-13(12)18)16(21)20-15-5-1-4-14-11(15)3-2-8-19-14/h1-9H,(H,20,21). The summed E-state index contributed by atoms with van der Waals surface area (Å²) < 4.78 is 26.0. The van der Waals surface area contributed by atoms with Gasteiger partial charge in [0.2, 0.25) is 0 Å². The molecule has 2 aromatic carbocycles. The number of fused-ring (bicyclic) bond motifs is 1. The number of carbonyl (C=O) groups is 1. The lowest BCUT2D eigenvalue weighted by Crippen LogP contribution is -2.12. The first kappa shape index (κ1) is 13.2. The van der Waals surface area contributed by atoms with E-state index < -0.39 is 17.5 Å². The second-order valence-corrected chi connectivity index (χ2v) is 4.46. The van der Waals surface area contributed by atoms with Crippen molar-refractivity contribution in [3.8, 4) is 0 Å². The van der Waals surface area contributed by atoms with Gasteiger partial charge in [-0.1, -0.05) is 6.07 Å². The second kappa shape index (κ2) is 5.28. The van der Waals surface area contributed by atoms with E-state index in [1.807, 2.05) is 12.1 Å². The molecule has 0 spiro atoms. The minimum atomic E-state index is -1.05. The van der Waals surface area contributed by atoms with Crippen LogP contribution in [0.4, 0.5) is 14.5 Å². The summed E-state index contributed by atoms with van der Waals surface area (Å²) in [6, 6.07) is 11.9. The minimum absolute atomic E-state index is 0.0507. The summed E-state index contributed by atoms with van der Waals surface area (Å²) in [6.45, 7) is 0. The third-order valence-corrected chi connectivity index (χ3v) is 3.08. The van der Waals surface area contributed by atoms with Crippen molar-refractivity contribution in [3.63, 3.8) is 0 Å². The zero-order valence-electron chi connectivity index (χ0n) is 10.8. The number of pyridine rings is 1. The molecule has 0 radical (unpaired) electrons. The quantitative estimate of drug-likeness (QED) is 0.778. The topological polar surface area (TPSA) is 42.0 Å². The smallest absolute Gasteiger partial charge is 0.255 e. The van der Waals surface area contributed by atoms with Crippen LogP contribution in [0.5, 0.6) is 0 Å². The number of nitrogens with zero attached hydrogens (tertiary/aromatic N) is 1. The average Bonchev–Trinajstić information content (AvgIpc) is 2.50. The van der Waals surface area contributed by atoms with Crippen molar-refractivity contribution in [2.45, 2.75) is 0 Å². The highest BCUT2D eigenvalue weighted by molar-refractivity contribution is 6.08. The highest BCUT2D eigenvalue weighted by Gasteiger charge is 2.11. The highest BCUT2D eigenvalue weighted by atomic mass is 19.2. The van der Waals surface area contributed by atoms with E-state index in [0.29, 0.717) is 5.69 Å². The molecule has 104 valence electrons. The first-order valence-corrected chi connectivity index (χ1v) is 6.25. The molecule has 0 fully saturated rings. The van der Waals surface area contributed by atoms with Crippen LogP contribution < -0.4 is 5.32 Å². The lowest BCUT2D eigenvalue weighted by molar-refractivity contribution is 0.102. The maximum Gasteiger partial charge on any atom is 0.255 e. The molecule has 0 aliphatic carbocycles. The number of carbonyl (C=O) groups excluding carboxylic acids is 1. The molecule has 0 saturated heterocycles. The van der Waals surface area contributed by atoms with Crippen LogP contribution in [-0.4, -0.2) is 10.9 Å². The van der Waals surface area contributed by atoms with E-state index in [4.69, 9.17) is 0 Å². The van der Waals surface area contributed by atoms with Crippen molar-refractivity contribution in [1.29, 1.82) is 0 Å². The second-order valence-electron chi connectivity index (χ2n) is 4.46. The number of hydrogen-bond donors (Lipinski definition) is 1. The molecule has 1 N–H and O–H groups in total. The highest BCUT2D eigenvalue weighted by Crippen LogP contribution is 2.22. The van der Waals surface area contributed by atoms with Gasteiger partial charge < -0.3 is 5.32 Å². The van der Waals surface area contributed by atoms with Gasteiger partial charge >= 0.3 is 0 Å². The summed E-state index contributed by atoms with van der Waals surface area (Å²) in [4.78, 5) is 16.3. The van der Waals surface area contributed by atoms with Crippen LogP contribution in [0.15, 0.2) is 54.7 Å². The fraction of sp³-hybridized carbons (Fsp3) is 0. The molecule has 21 heavy (non-hydrogen) atoms. The van der Waals surface area contributed by atoms with Crippen molar-refractivity contribution >= 4 is 22.5 Å². The Balaban J connectivity index is 1.94. The van der Waals surface area contributed by atoms with Crippen molar-refractivity contribution in [2.75, 3.05) is 5.32 Å². The number of hydrogen-bond acceptors (Lipinski definition) is 2. The van der Waals surface area contributed by atoms with Crippen LogP contribution in [0, 0.1) is 11.6 Å². The summed E-state index contributed by atoms with van der Waals surface area (Å²) in [5, 5.41) is 3.45. The Hall–Kier alpha value is -2.82. The maximum atomic E-state index is 13.2. The normalized spacial score (nSPS) is 10.6. The fourth-order valence-corrected chi connectivity index (χ4v) is 2.04. The van der Waals surface area contributed by atoms with E-state index in [-0.39, 0.29) is 5.56 Å². The van der Waals surface area contributed by atoms with E-state index in [0.717, 1.165) is 23.0 Å². The number of anilines is 1. The third kappa shape index (κ3) is 2.58. The number of rotatable bonds is 2. The van der Waals surface area contributed by atoms with Crippen LogP contribution in [0.1, 0.15) is 10.4 Å². The van der Waals surface area contributed by atoms with Crippen molar-refractivity contribution in [3.05, 3.63) is 71.9 Å². The van der Waals surface area contributed by atoms with Gasteiger partial charge in [-0.05, 0) is 42.5 Å². The molecule has 0 bridgehead atoms. The molecule has 3 nitrogen and oxygen atoms in total. The Morgan fingerprint density at radius 1 is 1.00 bits per heavy atom. The number of amides is 1. The molecule has 1 heterocycles. The van der Waals surface area contributed by atoms with Crippen LogP contribution in [0.25, 0.3) is 10.9 Å². The SMILES string of the molecule is O=C(Nc1cccc2ncccc12)c1ccc(F)c(F)c1. The zero-order chi connectivity index (χ0) is 14.8. The fourth-order valence-electron chi connectivity index (χ4n) is 2.04. The Labute approximate surface area is 119 Å². The number of halogens is 2. The Bertz CT molecular complexity index is 828. The monoisotopic (exact) mass is 284 g/mol. The molecule has 3 aromatic rings. The van der Waals surface area contributed by atoms with E-state index in [9.17, 15) is 13.6 Å². The van der Waals surface area contributed by atoms with Crippen molar-refractivity contribution < 1.29 is 13.6 Å². The molecular weight excluding hydrogens is 274 g/mol. The molecule has 1 aromatic heterocycles. The molecule has 0 atom stereocenters. The van der Waals surface area contributed by atoms with E-state index in [1.54, 1.807) is 24.4 Å². The number of benzene rings is 2. The third-order valence-electron chi connectivity index (χ3n) is 3.08. The molecule has 0 saturated carbocycles. The summed E-state index contributed by atoms with van der Waals surface area (Å²) in [7, 11) is 0. The largest absolute Gasteiger partial charge is 0.321 e. The van der Waals surface area contributed by atoms with Gasteiger partial charge in [0.25, 0.3) is 5.91 Å². The number of nitrogens with one attached hydrogen (secondary N) is 1. The van der Waals surface area contributed by atoms with Gasteiger partial charge in [0, 0.05) is 17.1 Å². The van der Waals surface area contributed by atoms with Gasteiger partial charge in [0.05, 0.1) is 11.2 Å². The predicted octanol–water partition coefficient (Wildman–Crippen LogP) is 3.77.